The van der Waals surface area contributed by atoms with Gasteiger partial charge >= 0.3 is 5.97 Å². The number of nitrogens with zero attached hydrogens (tertiary/aromatic N) is 3. The molecule has 1 aromatic carbocycles. The second kappa shape index (κ2) is 5.95. The number of likely N-dealkylation sites (N-methyl/N-ethyl adjacent to an activating group) is 1. The topological polar surface area (TPSA) is 75.4 Å². The number of aromatic nitrogens is 2. The highest BCUT2D eigenvalue weighted by Crippen LogP contribution is 2.20. The first-order chi connectivity index (χ1) is 9.99. The molecule has 1 aromatic heterocycles. The van der Waals surface area contributed by atoms with Gasteiger partial charge in [-0.3, -0.25) is 4.79 Å². The van der Waals surface area contributed by atoms with Gasteiger partial charge in [0.1, 0.15) is 17.9 Å². The van der Waals surface area contributed by atoms with E-state index in [1.807, 2.05) is 13.8 Å². The maximum Gasteiger partial charge on any atom is 0.337 e. The summed E-state index contributed by atoms with van der Waals surface area (Å²) in [5.41, 5.74) is 1.26. The monoisotopic (exact) mass is 289 g/mol. The Balaban J connectivity index is 2.46. The highest BCUT2D eigenvalue weighted by atomic mass is 16.4. The molecule has 0 atom stereocenters. The summed E-state index contributed by atoms with van der Waals surface area (Å²) >= 11 is 0. The van der Waals surface area contributed by atoms with E-state index in [-0.39, 0.29) is 18.0 Å². The molecule has 1 heterocycles. The molecule has 0 saturated heterocycles. The lowest BCUT2D eigenvalue weighted by Gasteiger charge is -2.19. The van der Waals surface area contributed by atoms with Gasteiger partial charge in [0.05, 0.1) is 11.1 Å². The zero-order valence-electron chi connectivity index (χ0n) is 12.5. The third-order valence-electron chi connectivity index (χ3n) is 3.61. The number of carboxylic acids is 1. The average Bonchev–Trinajstić information content (AvgIpc) is 2.76. The smallest absolute Gasteiger partial charge is 0.337 e. The van der Waals surface area contributed by atoms with E-state index >= 15 is 0 Å². The highest BCUT2D eigenvalue weighted by Gasteiger charge is 2.18. The number of carbonyl (C=O) groups excluding carboxylic acids is 1. The van der Waals surface area contributed by atoms with Gasteiger partial charge in [-0.25, -0.2) is 9.78 Å². The summed E-state index contributed by atoms with van der Waals surface area (Å²) in [5, 5.41) is 9.20. The lowest BCUT2D eigenvalue weighted by Crippen LogP contribution is -2.33. The number of benzene rings is 1. The maximum absolute atomic E-state index is 12.2. The lowest BCUT2D eigenvalue weighted by molar-refractivity contribution is -0.131. The van der Waals surface area contributed by atoms with Crippen molar-refractivity contribution in [3.63, 3.8) is 0 Å². The number of hydrogen-bond donors (Lipinski definition) is 1. The number of aromatic carboxylic acids is 1. The molecule has 0 unspecified atom stereocenters. The van der Waals surface area contributed by atoms with Crippen LogP contribution in [-0.2, 0) is 11.3 Å². The van der Waals surface area contributed by atoms with E-state index in [2.05, 4.69) is 4.98 Å². The van der Waals surface area contributed by atoms with Crippen molar-refractivity contribution in [3.05, 3.63) is 29.6 Å². The largest absolute Gasteiger partial charge is 0.478 e. The molecule has 6 nitrogen and oxygen atoms in total. The second-order valence-electron chi connectivity index (χ2n) is 4.79. The predicted molar refractivity (Wildman–Crippen MR) is 79.4 cm³/mol. The number of amides is 1. The summed E-state index contributed by atoms with van der Waals surface area (Å²) in [6.07, 6.45) is 0. The van der Waals surface area contributed by atoms with Gasteiger partial charge in [0.15, 0.2) is 0 Å². The van der Waals surface area contributed by atoms with Gasteiger partial charge in [-0.2, -0.15) is 0 Å². The van der Waals surface area contributed by atoms with Gasteiger partial charge in [-0.05, 0) is 32.9 Å². The van der Waals surface area contributed by atoms with Crippen molar-refractivity contribution in [1.82, 2.24) is 14.5 Å². The number of carbonyl (C=O) groups is 2. The molecule has 6 heteroatoms. The SMILES string of the molecule is CCN(CC)C(=O)Cn1c(C)nc2c(C(=O)O)cccc21. The molecular weight excluding hydrogens is 270 g/mol. The maximum atomic E-state index is 12.2. The summed E-state index contributed by atoms with van der Waals surface area (Å²) in [6, 6.07) is 4.98. The number of aryl methyl sites for hydroxylation is 1. The minimum Gasteiger partial charge on any atom is -0.478 e. The first-order valence-corrected chi connectivity index (χ1v) is 6.96. The molecular formula is C15H19N3O3. The van der Waals surface area contributed by atoms with Crippen molar-refractivity contribution in [3.8, 4) is 0 Å². The lowest BCUT2D eigenvalue weighted by atomic mass is 10.2. The molecule has 0 bridgehead atoms. The average molecular weight is 289 g/mol. The van der Waals surface area contributed by atoms with E-state index in [1.165, 1.54) is 6.07 Å². The van der Waals surface area contributed by atoms with Gasteiger partial charge in [0, 0.05) is 13.1 Å². The zero-order valence-corrected chi connectivity index (χ0v) is 12.5. The van der Waals surface area contributed by atoms with Crippen LogP contribution in [0.3, 0.4) is 0 Å². The molecule has 1 N–H and O–H groups in total. The first kappa shape index (κ1) is 15.0. The van der Waals surface area contributed by atoms with E-state index in [0.717, 1.165) is 0 Å². The molecule has 0 spiro atoms. The van der Waals surface area contributed by atoms with Crippen LogP contribution < -0.4 is 0 Å². The molecule has 2 rings (SSSR count). The highest BCUT2D eigenvalue weighted by molar-refractivity contribution is 6.01. The van der Waals surface area contributed by atoms with Gasteiger partial charge in [-0.1, -0.05) is 6.07 Å². The normalized spacial score (nSPS) is 10.8. The molecule has 0 radical (unpaired) electrons. The van der Waals surface area contributed by atoms with Crippen LogP contribution in [0, 0.1) is 6.92 Å². The van der Waals surface area contributed by atoms with Gasteiger partial charge in [-0.15, -0.1) is 0 Å². The number of para-hydroxylation sites is 1. The first-order valence-electron chi connectivity index (χ1n) is 6.96. The summed E-state index contributed by atoms with van der Waals surface area (Å²) in [7, 11) is 0. The number of rotatable bonds is 5. The zero-order chi connectivity index (χ0) is 15.6. The van der Waals surface area contributed by atoms with Crippen LogP contribution in [0.1, 0.15) is 30.0 Å². The van der Waals surface area contributed by atoms with Crippen LogP contribution in [0.5, 0.6) is 0 Å². The van der Waals surface area contributed by atoms with Crippen LogP contribution in [-0.4, -0.2) is 44.5 Å². The summed E-state index contributed by atoms with van der Waals surface area (Å²) in [4.78, 5) is 29.5. The van der Waals surface area contributed by atoms with E-state index in [0.29, 0.717) is 29.9 Å². The van der Waals surface area contributed by atoms with Crippen molar-refractivity contribution >= 4 is 22.9 Å². The van der Waals surface area contributed by atoms with E-state index in [9.17, 15) is 14.7 Å². The van der Waals surface area contributed by atoms with Gasteiger partial charge < -0.3 is 14.6 Å². The van der Waals surface area contributed by atoms with E-state index < -0.39 is 5.97 Å². The van der Waals surface area contributed by atoms with E-state index in [4.69, 9.17) is 0 Å². The Labute approximate surface area is 123 Å². The molecule has 0 aliphatic rings. The van der Waals surface area contributed by atoms with Crippen molar-refractivity contribution in [2.45, 2.75) is 27.3 Å². The Bertz CT molecular complexity index is 687. The fourth-order valence-electron chi connectivity index (χ4n) is 2.45. The molecule has 0 fully saturated rings. The van der Waals surface area contributed by atoms with Crippen LogP contribution in [0.2, 0.25) is 0 Å². The second-order valence-corrected chi connectivity index (χ2v) is 4.79. The van der Waals surface area contributed by atoms with Crippen LogP contribution in [0.25, 0.3) is 11.0 Å². The van der Waals surface area contributed by atoms with Crippen molar-refractivity contribution in [2.24, 2.45) is 0 Å². The molecule has 2 aromatic rings. The summed E-state index contributed by atoms with van der Waals surface area (Å²) in [6.45, 7) is 7.13. The summed E-state index contributed by atoms with van der Waals surface area (Å²) < 4.78 is 1.77. The number of fused-ring (bicyclic) bond motifs is 1. The number of carboxylic acid groups (broad SMARTS) is 1. The summed E-state index contributed by atoms with van der Waals surface area (Å²) in [5.74, 6) is -0.373. The molecule has 0 saturated carbocycles. The number of hydrogen-bond acceptors (Lipinski definition) is 3. The third kappa shape index (κ3) is 2.74. The fraction of sp³-hybridized carbons (Fsp3) is 0.400. The van der Waals surface area contributed by atoms with Gasteiger partial charge in [0.2, 0.25) is 5.91 Å². The fourth-order valence-corrected chi connectivity index (χ4v) is 2.45. The van der Waals surface area contributed by atoms with Crippen LogP contribution >= 0.6 is 0 Å². The minimum absolute atomic E-state index is 0.00290. The number of imidazole rings is 1. The van der Waals surface area contributed by atoms with Crippen molar-refractivity contribution in [2.75, 3.05) is 13.1 Å². The molecule has 21 heavy (non-hydrogen) atoms. The standard InChI is InChI=1S/C15H19N3O3/c1-4-17(5-2)13(19)9-18-10(3)16-14-11(15(20)21)7-6-8-12(14)18/h6-8H,4-5,9H2,1-3H3,(H,20,21). The van der Waals surface area contributed by atoms with Crippen LogP contribution in [0.15, 0.2) is 18.2 Å². The minimum atomic E-state index is -1.01. The molecule has 0 aliphatic heterocycles. The molecule has 112 valence electrons. The van der Waals surface area contributed by atoms with Gasteiger partial charge in [0.25, 0.3) is 0 Å². The predicted octanol–water partition coefficient (Wildman–Crippen LogP) is 1.91. The third-order valence-corrected chi connectivity index (χ3v) is 3.61. The Morgan fingerprint density at radius 1 is 1.29 bits per heavy atom. The Morgan fingerprint density at radius 3 is 2.52 bits per heavy atom. The van der Waals surface area contributed by atoms with E-state index in [1.54, 1.807) is 28.5 Å². The quantitative estimate of drug-likeness (QED) is 0.912. The molecule has 1 amide bonds. The van der Waals surface area contributed by atoms with Crippen molar-refractivity contribution < 1.29 is 14.7 Å². The van der Waals surface area contributed by atoms with Crippen molar-refractivity contribution in [1.29, 1.82) is 0 Å². The van der Waals surface area contributed by atoms with Crippen LogP contribution in [0.4, 0.5) is 0 Å². The Hall–Kier alpha value is -2.37. The Kier molecular flexibility index (Phi) is 4.26. The Morgan fingerprint density at radius 2 is 1.95 bits per heavy atom. The molecule has 0 aliphatic carbocycles.